The fourth-order valence-corrected chi connectivity index (χ4v) is 4.83. The first-order valence-electron chi connectivity index (χ1n) is 12.4. The number of aliphatic hydroxyl groups excluding tert-OH is 1. The zero-order valence-corrected chi connectivity index (χ0v) is 20.7. The van der Waals surface area contributed by atoms with Crippen LogP contribution in [-0.4, -0.2) is 71.8 Å². The molecule has 2 aromatic rings. The number of nitrogens with two attached hydrogens (primary N) is 1. The van der Waals surface area contributed by atoms with E-state index < -0.39 is 12.8 Å². The van der Waals surface area contributed by atoms with Crippen molar-refractivity contribution in [1.82, 2.24) is 15.3 Å². The lowest BCUT2D eigenvalue weighted by Gasteiger charge is -2.33. The number of halogens is 2. The second-order valence-corrected chi connectivity index (χ2v) is 10.1. The molecule has 10 heteroatoms. The standard InChI is InChI=1S/C25H36ClFN6O2/c26-21-15-30-24(32-18-6-4-17(5-7-18)29-14-19(34)13-27)12-20(21)22-2-1-3-23(33-22)31-16-25(28)8-10-35-11-9-25/h1-3,12,15,17-19,29,34H,4-11,13-14,16,28H2,(H,30,32)(H,31,33). The molecule has 35 heavy (non-hydrogen) atoms. The van der Waals surface area contributed by atoms with Gasteiger partial charge in [0.05, 0.1) is 16.8 Å². The zero-order chi connectivity index (χ0) is 24.7. The fourth-order valence-electron chi connectivity index (χ4n) is 4.63. The van der Waals surface area contributed by atoms with Gasteiger partial charge in [-0.2, -0.15) is 0 Å². The van der Waals surface area contributed by atoms with E-state index in [9.17, 15) is 9.50 Å². The van der Waals surface area contributed by atoms with Crippen LogP contribution >= 0.6 is 11.6 Å². The number of nitrogens with zero attached hydrogens (tertiary/aromatic N) is 2. The minimum absolute atomic E-state index is 0.289. The quantitative estimate of drug-likeness (QED) is 0.333. The summed E-state index contributed by atoms with van der Waals surface area (Å²) in [6, 6.07) is 8.36. The Morgan fingerprint density at radius 1 is 1.17 bits per heavy atom. The number of nitrogens with one attached hydrogen (secondary N) is 3. The molecule has 2 fully saturated rings. The van der Waals surface area contributed by atoms with Gasteiger partial charge in [-0.1, -0.05) is 17.7 Å². The summed E-state index contributed by atoms with van der Waals surface area (Å²) in [5.41, 5.74) is 7.79. The van der Waals surface area contributed by atoms with Crippen molar-refractivity contribution >= 4 is 23.2 Å². The molecule has 1 aliphatic heterocycles. The minimum atomic E-state index is -0.928. The summed E-state index contributed by atoms with van der Waals surface area (Å²) in [5, 5.41) is 20.1. The molecular weight excluding hydrogens is 471 g/mol. The number of hydrogen-bond donors (Lipinski definition) is 5. The second kappa shape index (κ2) is 12.3. The topological polar surface area (TPSA) is 117 Å². The van der Waals surface area contributed by atoms with Crippen LogP contribution < -0.4 is 21.7 Å². The fraction of sp³-hybridized carbons (Fsp3) is 0.600. The average Bonchev–Trinajstić information content (AvgIpc) is 2.88. The third kappa shape index (κ3) is 7.47. The maximum Gasteiger partial charge on any atom is 0.126 e. The van der Waals surface area contributed by atoms with E-state index in [4.69, 9.17) is 27.1 Å². The monoisotopic (exact) mass is 506 g/mol. The highest BCUT2D eigenvalue weighted by Gasteiger charge is 2.28. The number of anilines is 2. The van der Waals surface area contributed by atoms with Crippen molar-refractivity contribution in [1.29, 1.82) is 0 Å². The van der Waals surface area contributed by atoms with E-state index in [2.05, 4.69) is 20.9 Å². The molecule has 192 valence electrons. The van der Waals surface area contributed by atoms with Gasteiger partial charge >= 0.3 is 0 Å². The largest absolute Gasteiger partial charge is 0.389 e. The third-order valence-electron chi connectivity index (χ3n) is 6.89. The Morgan fingerprint density at radius 3 is 2.66 bits per heavy atom. The van der Waals surface area contributed by atoms with Gasteiger partial charge in [0.15, 0.2) is 0 Å². The maximum absolute atomic E-state index is 12.4. The Labute approximate surface area is 211 Å². The van der Waals surface area contributed by atoms with Gasteiger partial charge in [0, 0.05) is 55.7 Å². The van der Waals surface area contributed by atoms with Gasteiger partial charge in [-0.3, -0.25) is 0 Å². The highest BCUT2D eigenvalue weighted by Crippen LogP contribution is 2.30. The lowest BCUT2D eigenvalue weighted by atomic mass is 9.91. The first-order valence-corrected chi connectivity index (χ1v) is 12.8. The van der Waals surface area contributed by atoms with Crippen LogP contribution in [0.25, 0.3) is 11.3 Å². The molecule has 3 heterocycles. The molecule has 0 amide bonds. The van der Waals surface area contributed by atoms with E-state index >= 15 is 0 Å². The smallest absolute Gasteiger partial charge is 0.126 e. The lowest BCUT2D eigenvalue weighted by Crippen LogP contribution is -2.50. The molecule has 0 aromatic carbocycles. The van der Waals surface area contributed by atoms with Gasteiger partial charge in [0.1, 0.15) is 18.3 Å². The summed E-state index contributed by atoms with van der Waals surface area (Å²) < 4.78 is 17.9. The molecule has 1 saturated heterocycles. The number of alkyl halides is 1. The van der Waals surface area contributed by atoms with Crippen molar-refractivity contribution in [2.75, 3.05) is 43.6 Å². The molecule has 1 aliphatic carbocycles. The molecule has 1 atom stereocenters. The summed E-state index contributed by atoms with van der Waals surface area (Å²) in [5.74, 6) is 1.52. The van der Waals surface area contributed by atoms with Gasteiger partial charge in [-0.25, -0.2) is 14.4 Å². The van der Waals surface area contributed by atoms with Crippen LogP contribution in [0, 0.1) is 0 Å². The summed E-state index contributed by atoms with van der Waals surface area (Å²) >= 11 is 6.50. The summed E-state index contributed by atoms with van der Waals surface area (Å²) in [7, 11) is 0. The van der Waals surface area contributed by atoms with Crippen molar-refractivity contribution in [2.24, 2.45) is 5.73 Å². The second-order valence-electron chi connectivity index (χ2n) is 9.70. The van der Waals surface area contributed by atoms with Crippen LogP contribution in [-0.2, 0) is 4.74 Å². The molecule has 0 spiro atoms. The van der Waals surface area contributed by atoms with Crippen molar-refractivity contribution in [2.45, 2.75) is 62.3 Å². The van der Waals surface area contributed by atoms with E-state index in [-0.39, 0.29) is 5.54 Å². The van der Waals surface area contributed by atoms with Gasteiger partial charge in [-0.05, 0) is 56.7 Å². The maximum atomic E-state index is 12.4. The van der Waals surface area contributed by atoms with Crippen molar-refractivity contribution in [3.63, 3.8) is 0 Å². The van der Waals surface area contributed by atoms with Gasteiger partial charge in [0.2, 0.25) is 0 Å². The van der Waals surface area contributed by atoms with Crippen LogP contribution in [0.5, 0.6) is 0 Å². The number of pyridine rings is 2. The van der Waals surface area contributed by atoms with Crippen LogP contribution in [0.2, 0.25) is 5.02 Å². The summed E-state index contributed by atoms with van der Waals surface area (Å²) in [4.78, 5) is 9.24. The third-order valence-corrected chi connectivity index (χ3v) is 7.19. The van der Waals surface area contributed by atoms with Gasteiger partial charge < -0.3 is 31.5 Å². The number of ether oxygens (including phenoxy) is 1. The van der Waals surface area contributed by atoms with E-state index in [1.165, 1.54) is 0 Å². The predicted molar refractivity (Wildman–Crippen MR) is 138 cm³/mol. The Balaban J connectivity index is 1.35. The van der Waals surface area contributed by atoms with Crippen LogP contribution in [0.3, 0.4) is 0 Å². The van der Waals surface area contributed by atoms with Crippen LogP contribution in [0.1, 0.15) is 38.5 Å². The first-order chi connectivity index (χ1) is 16.9. The van der Waals surface area contributed by atoms with Crippen LogP contribution in [0.15, 0.2) is 30.5 Å². The first kappa shape index (κ1) is 26.0. The Hall–Kier alpha value is -2.04. The SMILES string of the molecule is NC1(CNc2cccc(-c3cc(NC4CCC(NCC(O)CF)CC4)ncc3Cl)n2)CCOCC1. The molecule has 2 aliphatic rings. The Morgan fingerprint density at radius 2 is 1.91 bits per heavy atom. The molecular formula is C25H36ClFN6O2. The van der Waals surface area contributed by atoms with Crippen LogP contribution in [0.4, 0.5) is 16.0 Å². The summed E-state index contributed by atoms with van der Waals surface area (Å²) in [6.45, 7) is 1.59. The van der Waals surface area contributed by atoms with Gasteiger partial charge in [-0.15, -0.1) is 0 Å². The van der Waals surface area contributed by atoms with E-state index in [0.717, 1.165) is 61.4 Å². The molecule has 0 bridgehead atoms. The average molecular weight is 507 g/mol. The normalized spacial score (nSPS) is 23.0. The van der Waals surface area contributed by atoms with Gasteiger partial charge in [0.25, 0.3) is 0 Å². The number of aliphatic hydroxyl groups is 1. The highest BCUT2D eigenvalue weighted by molar-refractivity contribution is 6.33. The summed E-state index contributed by atoms with van der Waals surface area (Å²) in [6.07, 6.45) is 6.22. The highest BCUT2D eigenvalue weighted by atomic mass is 35.5. The zero-order valence-electron chi connectivity index (χ0n) is 20.0. The molecule has 8 nitrogen and oxygen atoms in total. The van der Waals surface area contributed by atoms with Crippen molar-refractivity contribution < 1.29 is 14.2 Å². The lowest BCUT2D eigenvalue weighted by molar-refractivity contribution is 0.0574. The molecule has 1 saturated carbocycles. The van der Waals surface area contributed by atoms with E-state index in [0.29, 0.717) is 43.4 Å². The number of hydrogen-bond acceptors (Lipinski definition) is 8. The predicted octanol–water partition coefficient (Wildman–Crippen LogP) is 3.36. The van der Waals surface area contributed by atoms with Crippen molar-refractivity contribution in [3.05, 3.63) is 35.5 Å². The molecule has 0 radical (unpaired) electrons. The Kier molecular flexibility index (Phi) is 9.13. The molecule has 1 unspecified atom stereocenters. The van der Waals surface area contributed by atoms with E-state index in [1.54, 1.807) is 6.20 Å². The Bertz CT molecular complexity index is 953. The van der Waals surface area contributed by atoms with E-state index in [1.807, 2.05) is 24.3 Å². The number of aromatic nitrogens is 2. The molecule has 6 N–H and O–H groups in total. The van der Waals surface area contributed by atoms with Crippen molar-refractivity contribution in [3.8, 4) is 11.3 Å². The number of rotatable bonds is 10. The molecule has 2 aromatic heterocycles. The minimum Gasteiger partial charge on any atom is -0.389 e. The molecule has 4 rings (SSSR count).